The highest BCUT2D eigenvalue weighted by atomic mass is 32.2. The number of anilines is 1. The second-order valence-corrected chi connectivity index (χ2v) is 5.96. The van der Waals surface area contributed by atoms with Crippen molar-refractivity contribution < 1.29 is 17.9 Å². The monoisotopic (exact) mass is 301 g/mol. The van der Waals surface area contributed by atoms with E-state index in [9.17, 15) is 13.2 Å². The first-order valence-corrected chi connectivity index (χ1v) is 7.93. The van der Waals surface area contributed by atoms with E-state index in [-0.39, 0.29) is 6.03 Å². The Morgan fingerprint density at radius 2 is 1.85 bits per heavy atom. The molecule has 3 N–H and O–H groups in total. The van der Waals surface area contributed by atoms with Crippen LogP contribution in [0.15, 0.2) is 24.3 Å². The third-order valence-corrected chi connectivity index (χ3v) is 3.08. The molecular weight excluding hydrogens is 282 g/mol. The standard InChI is InChI=1S/C12H19N3O4S/c1-19-11-6-4-10(5-7-11)15-12(16)13-8-3-9-14-20(2,17)18/h4-7,14H,3,8-9H2,1-2H3,(H2,13,15,16). The van der Waals surface area contributed by atoms with Gasteiger partial charge >= 0.3 is 6.03 Å². The third kappa shape index (κ3) is 6.95. The van der Waals surface area contributed by atoms with E-state index in [0.717, 1.165) is 6.26 Å². The van der Waals surface area contributed by atoms with Crippen molar-refractivity contribution in [1.29, 1.82) is 0 Å². The molecule has 0 heterocycles. The summed E-state index contributed by atoms with van der Waals surface area (Å²) in [5, 5.41) is 5.29. The molecule has 8 heteroatoms. The maximum absolute atomic E-state index is 11.5. The van der Waals surface area contributed by atoms with E-state index in [1.165, 1.54) is 0 Å². The minimum Gasteiger partial charge on any atom is -0.497 e. The molecule has 0 radical (unpaired) electrons. The van der Waals surface area contributed by atoms with Gasteiger partial charge in [-0.25, -0.2) is 17.9 Å². The summed E-state index contributed by atoms with van der Waals surface area (Å²) in [6.45, 7) is 0.673. The highest BCUT2D eigenvalue weighted by Crippen LogP contribution is 2.14. The lowest BCUT2D eigenvalue weighted by Gasteiger charge is -2.08. The van der Waals surface area contributed by atoms with Crippen molar-refractivity contribution in [2.75, 3.05) is 31.8 Å². The smallest absolute Gasteiger partial charge is 0.319 e. The first-order chi connectivity index (χ1) is 9.40. The van der Waals surface area contributed by atoms with Crippen LogP contribution < -0.4 is 20.1 Å². The number of sulfonamides is 1. The lowest BCUT2D eigenvalue weighted by atomic mass is 10.3. The van der Waals surface area contributed by atoms with Crippen molar-refractivity contribution >= 4 is 21.7 Å². The molecule has 2 amide bonds. The molecule has 0 bridgehead atoms. The molecule has 0 spiro atoms. The molecule has 0 atom stereocenters. The fourth-order valence-electron chi connectivity index (χ4n) is 1.40. The predicted octanol–water partition coefficient (Wildman–Crippen LogP) is 0.756. The van der Waals surface area contributed by atoms with Crippen molar-refractivity contribution in [2.24, 2.45) is 0 Å². The topological polar surface area (TPSA) is 96.5 Å². The van der Waals surface area contributed by atoms with Gasteiger partial charge in [0.15, 0.2) is 0 Å². The van der Waals surface area contributed by atoms with Gasteiger partial charge in [0, 0.05) is 18.8 Å². The zero-order valence-corrected chi connectivity index (χ0v) is 12.3. The fourth-order valence-corrected chi connectivity index (χ4v) is 1.91. The first kappa shape index (κ1) is 16.3. The Morgan fingerprint density at radius 1 is 1.20 bits per heavy atom. The van der Waals surface area contributed by atoms with Crippen molar-refractivity contribution in [3.63, 3.8) is 0 Å². The molecule has 0 aliphatic heterocycles. The Kier molecular flexibility index (Phi) is 6.26. The number of hydrogen-bond acceptors (Lipinski definition) is 4. The van der Waals surface area contributed by atoms with Gasteiger partial charge in [-0.3, -0.25) is 0 Å². The molecule has 1 aromatic carbocycles. The molecule has 0 aliphatic carbocycles. The summed E-state index contributed by atoms with van der Waals surface area (Å²) in [5.74, 6) is 0.711. The van der Waals surface area contributed by atoms with Gasteiger partial charge in [-0.2, -0.15) is 0 Å². The lowest BCUT2D eigenvalue weighted by Crippen LogP contribution is -2.32. The van der Waals surface area contributed by atoms with E-state index < -0.39 is 10.0 Å². The van der Waals surface area contributed by atoms with Crippen molar-refractivity contribution in [2.45, 2.75) is 6.42 Å². The molecule has 0 unspecified atom stereocenters. The van der Waals surface area contributed by atoms with Crippen LogP contribution in [0.4, 0.5) is 10.5 Å². The highest BCUT2D eigenvalue weighted by molar-refractivity contribution is 7.88. The van der Waals surface area contributed by atoms with Gasteiger partial charge in [0.25, 0.3) is 0 Å². The summed E-state index contributed by atoms with van der Waals surface area (Å²) in [6.07, 6.45) is 1.61. The van der Waals surface area contributed by atoms with E-state index in [2.05, 4.69) is 15.4 Å². The van der Waals surface area contributed by atoms with Gasteiger partial charge in [-0.15, -0.1) is 0 Å². The summed E-state index contributed by atoms with van der Waals surface area (Å²) in [7, 11) is -1.60. The number of rotatable bonds is 7. The number of carbonyl (C=O) groups is 1. The van der Waals surface area contributed by atoms with Crippen LogP contribution in [0.5, 0.6) is 5.75 Å². The average Bonchev–Trinajstić information content (AvgIpc) is 2.38. The Hall–Kier alpha value is -1.80. The van der Waals surface area contributed by atoms with Crippen LogP contribution in [-0.2, 0) is 10.0 Å². The fraction of sp³-hybridized carbons (Fsp3) is 0.417. The number of hydrogen-bond donors (Lipinski definition) is 3. The van der Waals surface area contributed by atoms with Gasteiger partial charge in [-0.1, -0.05) is 0 Å². The molecule has 1 aromatic rings. The number of urea groups is 1. The average molecular weight is 301 g/mol. The number of benzene rings is 1. The summed E-state index contributed by atoms with van der Waals surface area (Å²) >= 11 is 0. The van der Waals surface area contributed by atoms with Gasteiger partial charge in [0.1, 0.15) is 5.75 Å². The Balaban J connectivity index is 2.23. The predicted molar refractivity (Wildman–Crippen MR) is 77.5 cm³/mol. The largest absolute Gasteiger partial charge is 0.497 e. The van der Waals surface area contributed by atoms with Gasteiger partial charge in [0.05, 0.1) is 13.4 Å². The molecular formula is C12H19N3O4S. The Morgan fingerprint density at radius 3 is 2.40 bits per heavy atom. The molecule has 112 valence electrons. The molecule has 0 fully saturated rings. The summed E-state index contributed by atoms with van der Waals surface area (Å²) in [5.41, 5.74) is 0.651. The molecule has 0 saturated carbocycles. The van der Waals surface area contributed by atoms with Gasteiger partial charge in [-0.05, 0) is 30.7 Å². The summed E-state index contributed by atoms with van der Waals surface area (Å²) in [6, 6.07) is 6.60. The summed E-state index contributed by atoms with van der Waals surface area (Å²) < 4.78 is 29.0. The SMILES string of the molecule is COc1ccc(NC(=O)NCCCNS(C)(=O)=O)cc1. The minimum atomic E-state index is -3.17. The number of amides is 2. The van der Waals surface area contributed by atoms with Gasteiger partial charge < -0.3 is 15.4 Å². The quantitative estimate of drug-likeness (QED) is 0.648. The molecule has 0 aromatic heterocycles. The van der Waals surface area contributed by atoms with E-state index in [0.29, 0.717) is 30.9 Å². The van der Waals surface area contributed by atoms with Crippen LogP contribution in [0.3, 0.4) is 0 Å². The third-order valence-electron chi connectivity index (χ3n) is 2.35. The number of methoxy groups -OCH3 is 1. The summed E-state index contributed by atoms with van der Waals surface area (Å²) in [4.78, 5) is 11.5. The molecule has 1 rings (SSSR count). The van der Waals surface area contributed by atoms with Crippen LogP contribution in [0.25, 0.3) is 0 Å². The molecule has 0 aliphatic rings. The van der Waals surface area contributed by atoms with Gasteiger partial charge in [0.2, 0.25) is 10.0 Å². The van der Waals surface area contributed by atoms with Crippen LogP contribution in [0.2, 0.25) is 0 Å². The number of nitrogens with one attached hydrogen (secondary N) is 3. The zero-order chi connectivity index (χ0) is 15.0. The van der Waals surface area contributed by atoms with Crippen LogP contribution in [0, 0.1) is 0 Å². The minimum absolute atomic E-state index is 0.293. The lowest BCUT2D eigenvalue weighted by molar-refractivity contribution is 0.252. The second-order valence-electron chi connectivity index (χ2n) is 4.13. The van der Waals surface area contributed by atoms with E-state index in [1.54, 1.807) is 31.4 Å². The van der Waals surface area contributed by atoms with E-state index in [4.69, 9.17) is 4.74 Å². The maximum Gasteiger partial charge on any atom is 0.319 e. The highest BCUT2D eigenvalue weighted by Gasteiger charge is 2.02. The second kappa shape index (κ2) is 7.71. The normalized spacial score (nSPS) is 10.9. The zero-order valence-electron chi connectivity index (χ0n) is 11.5. The van der Waals surface area contributed by atoms with Crippen molar-refractivity contribution in [1.82, 2.24) is 10.0 Å². The van der Waals surface area contributed by atoms with Crippen LogP contribution in [-0.4, -0.2) is 40.9 Å². The van der Waals surface area contributed by atoms with E-state index in [1.807, 2.05) is 0 Å². The van der Waals surface area contributed by atoms with Crippen LogP contribution in [0.1, 0.15) is 6.42 Å². The molecule has 7 nitrogen and oxygen atoms in total. The van der Waals surface area contributed by atoms with Crippen LogP contribution >= 0.6 is 0 Å². The Bertz CT molecular complexity index is 528. The maximum atomic E-state index is 11.5. The van der Waals surface area contributed by atoms with E-state index >= 15 is 0 Å². The Labute approximate surface area is 118 Å². The molecule has 0 saturated heterocycles. The first-order valence-electron chi connectivity index (χ1n) is 6.04. The molecule has 20 heavy (non-hydrogen) atoms. The van der Waals surface area contributed by atoms with Crippen molar-refractivity contribution in [3.8, 4) is 5.75 Å². The van der Waals surface area contributed by atoms with Crippen molar-refractivity contribution in [3.05, 3.63) is 24.3 Å². The number of carbonyl (C=O) groups excluding carboxylic acids is 1. The number of ether oxygens (including phenoxy) is 1.